The van der Waals surface area contributed by atoms with Crippen LogP contribution < -0.4 is 9.62 Å². The second-order valence-corrected chi connectivity index (χ2v) is 12.8. The van der Waals surface area contributed by atoms with Crippen molar-refractivity contribution in [3.63, 3.8) is 0 Å². The van der Waals surface area contributed by atoms with Crippen LogP contribution in [0, 0.1) is 18.7 Å². The van der Waals surface area contributed by atoms with Crippen molar-refractivity contribution in [2.75, 3.05) is 17.4 Å². The van der Waals surface area contributed by atoms with Gasteiger partial charge in [0.25, 0.3) is 10.0 Å². The molecule has 3 rings (SSSR count). The molecule has 3 aromatic carbocycles. The van der Waals surface area contributed by atoms with Gasteiger partial charge in [0.1, 0.15) is 18.4 Å². The van der Waals surface area contributed by atoms with Gasteiger partial charge in [-0.3, -0.25) is 13.9 Å². The molecule has 0 aromatic heterocycles. The number of rotatable bonds is 12. The Morgan fingerprint density at radius 1 is 0.976 bits per heavy atom. The average Bonchev–Trinajstić information content (AvgIpc) is 2.92. The van der Waals surface area contributed by atoms with Gasteiger partial charge in [-0.25, -0.2) is 12.8 Å². The summed E-state index contributed by atoms with van der Waals surface area (Å²) in [5.41, 5.74) is 1.49. The molecule has 41 heavy (non-hydrogen) atoms. The Kier molecular flexibility index (Phi) is 11.2. The number of nitrogens with one attached hydrogen (secondary N) is 1. The second kappa shape index (κ2) is 14.2. The van der Waals surface area contributed by atoms with Crippen LogP contribution in [0.3, 0.4) is 0 Å². The molecule has 0 bridgehead atoms. The van der Waals surface area contributed by atoms with E-state index in [1.54, 1.807) is 31.2 Å². The summed E-state index contributed by atoms with van der Waals surface area (Å²) in [7, 11) is -4.25. The first kappa shape index (κ1) is 32.4. The number of carbonyl (C=O) groups is 2. The quantitative estimate of drug-likeness (QED) is 0.260. The minimum atomic E-state index is -4.25. The van der Waals surface area contributed by atoms with Crippen LogP contribution in [0.5, 0.6) is 0 Å². The molecule has 0 unspecified atom stereocenters. The van der Waals surface area contributed by atoms with E-state index in [4.69, 9.17) is 23.2 Å². The first-order chi connectivity index (χ1) is 19.3. The van der Waals surface area contributed by atoms with Crippen LogP contribution in [0.15, 0.2) is 71.6 Å². The van der Waals surface area contributed by atoms with E-state index in [0.29, 0.717) is 22.2 Å². The van der Waals surface area contributed by atoms with Crippen molar-refractivity contribution < 1.29 is 22.4 Å². The number of benzene rings is 3. The van der Waals surface area contributed by atoms with E-state index in [0.717, 1.165) is 22.0 Å². The summed E-state index contributed by atoms with van der Waals surface area (Å²) in [6, 6.07) is 14.9. The number of hydrogen-bond acceptors (Lipinski definition) is 4. The smallest absolute Gasteiger partial charge is 0.264 e. The number of carbonyl (C=O) groups excluding carboxylic acids is 2. The fourth-order valence-corrected chi connectivity index (χ4v) is 6.03. The zero-order chi connectivity index (χ0) is 30.3. The van der Waals surface area contributed by atoms with Gasteiger partial charge in [-0.05, 0) is 73.4 Å². The lowest BCUT2D eigenvalue weighted by Crippen LogP contribution is -2.52. The van der Waals surface area contributed by atoms with E-state index >= 15 is 0 Å². The zero-order valence-electron chi connectivity index (χ0n) is 23.4. The number of hydrogen-bond donors (Lipinski definition) is 1. The summed E-state index contributed by atoms with van der Waals surface area (Å²) in [4.78, 5) is 28.6. The Morgan fingerprint density at radius 2 is 1.61 bits per heavy atom. The molecular weight excluding hydrogens is 588 g/mol. The van der Waals surface area contributed by atoms with Crippen molar-refractivity contribution in [1.29, 1.82) is 0 Å². The van der Waals surface area contributed by atoms with Gasteiger partial charge in [0, 0.05) is 23.1 Å². The van der Waals surface area contributed by atoms with Crippen molar-refractivity contribution >= 4 is 50.7 Å². The minimum Gasteiger partial charge on any atom is -0.354 e. The third kappa shape index (κ3) is 8.44. The lowest BCUT2D eigenvalue weighted by Gasteiger charge is -2.33. The van der Waals surface area contributed by atoms with Crippen LogP contribution in [0.2, 0.25) is 10.0 Å². The molecule has 220 valence electrons. The molecule has 7 nitrogen and oxygen atoms in total. The van der Waals surface area contributed by atoms with E-state index in [-0.39, 0.29) is 35.4 Å². The van der Waals surface area contributed by atoms with Crippen molar-refractivity contribution in [2.24, 2.45) is 5.92 Å². The Labute approximate surface area is 251 Å². The highest BCUT2D eigenvalue weighted by Crippen LogP contribution is 2.27. The number of sulfonamides is 1. The standard InChI is InChI=1S/C30H34Cl2FN3O4S/c1-5-28(30(38)34-17-20(2)3)35(18-22-8-9-23(31)16-27(22)32)29(37)19-36(25-12-10-24(33)11-13-25)41(39,40)26-14-6-21(4)7-15-26/h6-16,20,28H,5,17-19H2,1-4H3,(H,34,38)/t28-/m0/s1. The molecule has 0 aliphatic heterocycles. The van der Waals surface area contributed by atoms with Crippen molar-refractivity contribution in [3.8, 4) is 0 Å². The molecule has 0 saturated heterocycles. The van der Waals surface area contributed by atoms with Crippen LogP contribution in [-0.4, -0.2) is 44.3 Å². The monoisotopic (exact) mass is 621 g/mol. The first-order valence-electron chi connectivity index (χ1n) is 13.2. The summed E-state index contributed by atoms with van der Waals surface area (Å²) in [5.74, 6) is -1.38. The highest BCUT2D eigenvalue weighted by molar-refractivity contribution is 7.92. The summed E-state index contributed by atoms with van der Waals surface area (Å²) in [5, 5.41) is 3.58. The van der Waals surface area contributed by atoms with Crippen molar-refractivity contribution in [2.45, 2.75) is 51.6 Å². The molecule has 2 amide bonds. The number of halogens is 3. The van der Waals surface area contributed by atoms with Crippen LogP contribution in [0.1, 0.15) is 38.3 Å². The molecule has 1 atom stereocenters. The van der Waals surface area contributed by atoms with Gasteiger partial charge < -0.3 is 10.2 Å². The topological polar surface area (TPSA) is 86.8 Å². The molecule has 0 fully saturated rings. The summed E-state index contributed by atoms with van der Waals surface area (Å²) in [6.07, 6.45) is 0.266. The number of amides is 2. The van der Waals surface area contributed by atoms with Gasteiger partial charge >= 0.3 is 0 Å². The molecule has 11 heteroatoms. The molecule has 3 aromatic rings. The predicted molar refractivity (Wildman–Crippen MR) is 161 cm³/mol. The molecular formula is C30H34Cl2FN3O4S. The molecule has 0 saturated carbocycles. The number of anilines is 1. The second-order valence-electron chi connectivity index (χ2n) is 10.1. The molecule has 1 N–H and O–H groups in total. The summed E-state index contributed by atoms with van der Waals surface area (Å²) >= 11 is 12.5. The average molecular weight is 623 g/mol. The Hall–Kier alpha value is -3.14. The predicted octanol–water partition coefficient (Wildman–Crippen LogP) is 6.22. The Bertz CT molecular complexity index is 1470. The molecule has 0 aliphatic carbocycles. The lowest BCUT2D eigenvalue weighted by atomic mass is 10.1. The van der Waals surface area contributed by atoms with Crippen molar-refractivity contribution in [3.05, 3.63) is 93.7 Å². The minimum absolute atomic E-state index is 0.0331. The van der Waals surface area contributed by atoms with Crippen LogP contribution in [-0.2, 0) is 26.2 Å². The number of aryl methyl sites for hydroxylation is 1. The van der Waals surface area contributed by atoms with E-state index in [9.17, 15) is 22.4 Å². The fraction of sp³-hybridized carbons (Fsp3) is 0.333. The highest BCUT2D eigenvalue weighted by atomic mass is 35.5. The van der Waals surface area contributed by atoms with Crippen LogP contribution in [0.4, 0.5) is 10.1 Å². The van der Waals surface area contributed by atoms with Crippen LogP contribution >= 0.6 is 23.2 Å². The van der Waals surface area contributed by atoms with Crippen molar-refractivity contribution in [1.82, 2.24) is 10.2 Å². The third-order valence-corrected chi connectivity index (χ3v) is 8.80. The number of nitrogens with zero attached hydrogens (tertiary/aromatic N) is 2. The highest BCUT2D eigenvalue weighted by Gasteiger charge is 2.34. The maximum Gasteiger partial charge on any atom is 0.264 e. The molecule has 0 spiro atoms. The maximum absolute atomic E-state index is 14.0. The van der Waals surface area contributed by atoms with Gasteiger partial charge in [-0.1, -0.05) is 67.7 Å². The molecule has 0 aliphatic rings. The molecule has 0 heterocycles. The van der Waals surface area contributed by atoms with E-state index < -0.39 is 34.3 Å². The largest absolute Gasteiger partial charge is 0.354 e. The Morgan fingerprint density at radius 3 is 2.17 bits per heavy atom. The normalized spacial score (nSPS) is 12.2. The van der Waals surface area contributed by atoms with Crippen LogP contribution in [0.25, 0.3) is 0 Å². The lowest BCUT2D eigenvalue weighted by molar-refractivity contribution is -0.140. The SMILES string of the molecule is CC[C@@H](C(=O)NCC(C)C)N(Cc1ccc(Cl)cc1Cl)C(=O)CN(c1ccc(F)cc1)S(=O)(=O)c1ccc(C)cc1. The zero-order valence-corrected chi connectivity index (χ0v) is 25.7. The van der Waals surface area contributed by atoms with Gasteiger partial charge in [-0.2, -0.15) is 0 Å². The van der Waals surface area contributed by atoms with E-state index in [1.807, 2.05) is 20.8 Å². The van der Waals surface area contributed by atoms with E-state index in [1.165, 1.54) is 35.2 Å². The molecule has 0 radical (unpaired) electrons. The first-order valence-corrected chi connectivity index (χ1v) is 15.4. The van der Waals surface area contributed by atoms with Gasteiger partial charge in [0.15, 0.2) is 0 Å². The summed E-state index contributed by atoms with van der Waals surface area (Å²) < 4.78 is 42.4. The maximum atomic E-state index is 14.0. The Balaban J connectivity index is 2.06. The third-order valence-electron chi connectivity index (χ3n) is 6.43. The van der Waals surface area contributed by atoms with E-state index in [2.05, 4.69) is 5.32 Å². The van der Waals surface area contributed by atoms with Gasteiger partial charge in [-0.15, -0.1) is 0 Å². The fourth-order valence-electron chi connectivity index (χ4n) is 4.15. The van der Waals surface area contributed by atoms with Gasteiger partial charge in [0.2, 0.25) is 11.8 Å². The summed E-state index contributed by atoms with van der Waals surface area (Å²) in [6.45, 7) is 7.20. The van der Waals surface area contributed by atoms with Gasteiger partial charge in [0.05, 0.1) is 10.6 Å².